The van der Waals surface area contributed by atoms with E-state index in [2.05, 4.69) is 15.5 Å². The molecule has 0 aliphatic carbocycles. The Labute approximate surface area is 126 Å². The van der Waals surface area contributed by atoms with Crippen molar-refractivity contribution in [2.24, 2.45) is 0 Å². The second-order valence-electron chi connectivity index (χ2n) is 5.10. The highest BCUT2D eigenvalue weighted by Gasteiger charge is 2.20. The lowest BCUT2D eigenvalue weighted by Gasteiger charge is -2.05. The summed E-state index contributed by atoms with van der Waals surface area (Å²) in [6.45, 7) is 6.27. The van der Waals surface area contributed by atoms with Gasteiger partial charge in [0.1, 0.15) is 10.7 Å². The molecule has 1 amide bonds. The van der Waals surface area contributed by atoms with Crippen LogP contribution in [-0.4, -0.2) is 38.1 Å². The van der Waals surface area contributed by atoms with Crippen molar-refractivity contribution in [2.45, 2.75) is 39.5 Å². The van der Waals surface area contributed by atoms with Crippen LogP contribution < -0.4 is 5.32 Å². The summed E-state index contributed by atoms with van der Waals surface area (Å²) in [4.78, 5) is 23.9. The number of thiazole rings is 1. The Balaban J connectivity index is 2.13. The Bertz CT molecular complexity index is 674. The molecule has 8 heteroatoms. The highest BCUT2D eigenvalue weighted by atomic mass is 32.1. The van der Waals surface area contributed by atoms with Gasteiger partial charge in [-0.2, -0.15) is 0 Å². The van der Waals surface area contributed by atoms with Crippen LogP contribution in [0, 0.1) is 6.92 Å². The van der Waals surface area contributed by atoms with Crippen LogP contribution in [-0.2, 0) is 4.79 Å². The number of aryl methyl sites for hydroxylation is 1. The van der Waals surface area contributed by atoms with Gasteiger partial charge in [-0.15, -0.1) is 10.2 Å². The molecule has 2 N–H and O–H groups in total. The molecule has 0 bridgehead atoms. The molecule has 2 rings (SSSR count). The third kappa shape index (κ3) is 3.21. The van der Waals surface area contributed by atoms with Crippen LogP contribution in [0.3, 0.4) is 0 Å². The average molecular weight is 310 g/mol. The number of amides is 1. The van der Waals surface area contributed by atoms with Gasteiger partial charge in [0.2, 0.25) is 4.96 Å². The summed E-state index contributed by atoms with van der Waals surface area (Å²) in [5, 5.41) is 19.5. The maximum Gasteiger partial charge on any atom is 0.303 e. The van der Waals surface area contributed by atoms with Gasteiger partial charge in [-0.3, -0.25) is 14.0 Å². The normalized spacial score (nSPS) is 11.2. The number of carboxylic acids is 1. The van der Waals surface area contributed by atoms with Gasteiger partial charge >= 0.3 is 5.97 Å². The molecule has 0 aliphatic heterocycles. The quantitative estimate of drug-likeness (QED) is 0.793. The van der Waals surface area contributed by atoms with E-state index in [1.54, 1.807) is 0 Å². The molecule has 2 aromatic heterocycles. The molecule has 114 valence electrons. The fraction of sp³-hybridized carbons (Fsp3) is 0.538. The second kappa shape index (κ2) is 6.21. The Kier molecular flexibility index (Phi) is 4.56. The number of carbonyl (C=O) groups is 2. The molecule has 0 atom stereocenters. The summed E-state index contributed by atoms with van der Waals surface area (Å²) in [7, 11) is 0. The number of nitrogens with one attached hydrogen (secondary N) is 1. The largest absolute Gasteiger partial charge is 0.481 e. The summed E-state index contributed by atoms with van der Waals surface area (Å²) in [5.74, 6) is 0.00854. The van der Waals surface area contributed by atoms with Crippen molar-refractivity contribution in [1.82, 2.24) is 19.9 Å². The third-order valence-electron chi connectivity index (χ3n) is 3.09. The molecule has 2 heterocycles. The summed E-state index contributed by atoms with van der Waals surface area (Å²) in [6.07, 6.45) is 0.468. The van der Waals surface area contributed by atoms with Crippen LogP contribution in [0.4, 0.5) is 0 Å². The number of hydrogen-bond donors (Lipinski definition) is 2. The van der Waals surface area contributed by atoms with Crippen LogP contribution in [0.15, 0.2) is 0 Å². The van der Waals surface area contributed by atoms with Crippen LogP contribution in [0.2, 0.25) is 0 Å². The first-order valence-electron chi connectivity index (χ1n) is 6.76. The molecule has 2 aromatic rings. The summed E-state index contributed by atoms with van der Waals surface area (Å²) in [5.41, 5.74) is 0.819. The van der Waals surface area contributed by atoms with Crippen molar-refractivity contribution < 1.29 is 14.7 Å². The predicted molar refractivity (Wildman–Crippen MR) is 78.9 cm³/mol. The lowest BCUT2D eigenvalue weighted by Crippen LogP contribution is -2.24. The van der Waals surface area contributed by atoms with Crippen molar-refractivity contribution in [1.29, 1.82) is 0 Å². The van der Waals surface area contributed by atoms with Gasteiger partial charge in [-0.25, -0.2) is 0 Å². The van der Waals surface area contributed by atoms with E-state index >= 15 is 0 Å². The molecule has 0 aromatic carbocycles. The van der Waals surface area contributed by atoms with E-state index in [4.69, 9.17) is 5.11 Å². The number of aliphatic carboxylic acids is 1. The molecular formula is C13H18N4O3S. The van der Waals surface area contributed by atoms with E-state index < -0.39 is 5.97 Å². The molecular weight excluding hydrogens is 292 g/mol. The molecule has 0 unspecified atom stereocenters. The molecule has 0 saturated carbocycles. The number of aromatic nitrogens is 3. The molecule has 21 heavy (non-hydrogen) atoms. The Morgan fingerprint density at radius 1 is 1.38 bits per heavy atom. The van der Waals surface area contributed by atoms with E-state index in [1.165, 1.54) is 11.3 Å². The fourth-order valence-electron chi connectivity index (χ4n) is 2.04. The van der Waals surface area contributed by atoms with Gasteiger partial charge in [0.15, 0.2) is 0 Å². The zero-order chi connectivity index (χ0) is 15.6. The maximum absolute atomic E-state index is 12.1. The van der Waals surface area contributed by atoms with E-state index in [1.807, 2.05) is 25.2 Å². The lowest BCUT2D eigenvalue weighted by molar-refractivity contribution is -0.137. The molecule has 0 aliphatic rings. The van der Waals surface area contributed by atoms with Crippen molar-refractivity contribution in [2.75, 3.05) is 6.54 Å². The number of rotatable bonds is 6. The minimum atomic E-state index is -0.859. The fourth-order valence-corrected chi connectivity index (χ4v) is 3.03. The number of carboxylic acid groups (broad SMARTS) is 1. The van der Waals surface area contributed by atoms with Crippen molar-refractivity contribution in [3.05, 3.63) is 16.4 Å². The first kappa shape index (κ1) is 15.4. The van der Waals surface area contributed by atoms with Crippen LogP contribution in [0.1, 0.15) is 53.8 Å². The standard InChI is InChI=1S/C13H18N4O3S/c1-7(2)11-15-16-13-17(11)8(3)10(21-13)12(20)14-6-4-5-9(18)19/h7H,4-6H2,1-3H3,(H,14,20)(H,18,19). The summed E-state index contributed by atoms with van der Waals surface area (Å²) < 4.78 is 1.90. The number of nitrogens with zero attached hydrogens (tertiary/aromatic N) is 3. The van der Waals surface area contributed by atoms with Crippen LogP contribution >= 0.6 is 11.3 Å². The molecule has 0 fully saturated rings. The highest BCUT2D eigenvalue weighted by molar-refractivity contribution is 7.19. The summed E-state index contributed by atoms with van der Waals surface area (Å²) >= 11 is 1.30. The van der Waals surface area contributed by atoms with Gasteiger partial charge < -0.3 is 10.4 Å². The number of carbonyl (C=O) groups excluding carboxylic acids is 1. The first-order valence-corrected chi connectivity index (χ1v) is 7.58. The Morgan fingerprint density at radius 2 is 2.10 bits per heavy atom. The minimum Gasteiger partial charge on any atom is -0.481 e. The minimum absolute atomic E-state index is 0.0500. The van der Waals surface area contributed by atoms with Gasteiger partial charge in [0, 0.05) is 24.6 Å². The Hall–Kier alpha value is -1.96. The van der Waals surface area contributed by atoms with Gasteiger partial charge in [0.25, 0.3) is 5.91 Å². The molecule has 0 saturated heterocycles. The number of fused-ring (bicyclic) bond motifs is 1. The van der Waals surface area contributed by atoms with Gasteiger partial charge in [0.05, 0.1) is 0 Å². The summed E-state index contributed by atoms with van der Waals surface area (Å²) in [6, 6.07) is 0. The second-order valence-corrected chi connectivity index (χ2v) is 6.08. The van der Waals surface area contributed by atoms with E-state index in [-0.39, 0.29) is 18.2 Å². The maximum atomic E-state index is 12.1. The van der Waals surface area contributed by atoms with E-state index in [0.717, 1.165) is 11.5 Å². The monoisotopic (exact) mass is 310 g/mol. The van der Waals surface area contributed by atoms with E-state index in [9.17, 15) is 9.59 Å². The molecule has 0 spiro atoms. The Morgan fingerprint density at radius 3 is 2.71 bits per heavy atom. The third-order valence-corrected chi connectivity index (χ3v) is 4.22. The van der Waals surface area contributed by atoms with Crippen molar-refractivity contribution >= 4 is 28.2 Å². The lowest BCUT2D eigenvalue weighted by atomic mass is 10.2. The van der Waals surface area contributed by atoms with Crippen molar-refractivity contribution in [3.63, 3.8) is 0 Å². The van der Waals surface area contributed by atoms with Crippen LogP contribution in [0.5, 0.6) is 0 Å². The molecule has 7 nitrogen and oxygen atoms in total. The van der Waals surface area contributed by atoms with Gasteiger partial charge in [-0.1, -0.05) is 25.2 Å². The first-order chi connectivity index (χ1) is 9.91. The van der Waals surface area contributed by atoms with Crippen LogP contribution in [0.25, 0.3) is 4.96 Å². The van der Waals surface area contributed by atoms with E-state index in [0.29, 0.717) is 22.8 Å². The predicted octanol–water partition coefficient (Wildman–Crippen LogP) is 1.82. The number of hydrogen-bond acceptors (Lipinski definition) is 5. The topological polar surface area (TPSA) is 96.6 Å². The van der Waals surface area contributed by atoms with Crippen molar-refractivity contribution in [3.8, 4) is 0 Å². The highest BCUT2D eigenvalue weighted by Crippen LogP contribution is 2.25. The SMILES string of the molecule is Cc1c(C(=O)NCCCC(=O)O)sc2nnc(C(C)C)n12. The zero-order valence-electron chi connectivity index (χ0n) is 12.2. The average Bonchev–Trinajstić information content (AvgIpc) is 2.95. The smallest absolute Gasteiger partial charge is 0.303 e. The zero-order valence-corrected chi connectivity index (χ0v) is 13.0. The van der Waals surface area contributed by atoms with Gasteiger partial charge in [-0.05, 0) is 13.3 Å². The molecule has 0 radical (unpaired) electrons.